The van der Waals surface area contributed by atoms with Crippen molar-refractivity contribution in [2.75, 3.05) is 6.61 Å². The summed E-state index contributed by atoms with van der Waals surface area (Å²) in [7, 11) is -4.72. The van der Waals surface area contributed by atoms with Crippen molar-refractivity contribution in [3.05, 3.63) is 35.9 Å². The Morgan fingerprint density at radius 2 is 1.85 bits per heavy atom. The first-order valence-corrected chi connectivity index (χ1v) is 7.38. The average Bonchev–Trinajstić information content (AvgIpc) is 2.38. The van der Waals surface area contributed by atoms with Gasteiger partial charge < -0.3 is 9.63 Å². The van der Waals surface area contributed by atoms with Gasteiger partial charge in [-0.15, -0.1) is 0 Å². The van der Waals surface area contributed by atoms with Crippen LogP contribution in [0.1, 0.15) is 19.4 Å². The fraction of sp³-hybridized carbons (Fsp3) is 0.385. The molecule has 0 radical (unpaired) electrons. The van der Waals surface area contributed by atoms with Crippen molar-refractivity contribution in [3.8, 4) is 11.6 Å². The van der Waals surface area contributed by atoms with Gasteiger partial charge in [0.15, 0.2) is 0 Å². The van der Waals surface area contributed by atoms with E-state index >= 15 is 0 Å². The SMILES string of the molecule is CC#C[P@](=O)(OCC)[C@@](O)(c1ccccc1)C(F)(F)F. The summed E-state index contributed by atoms with van der Waals surface area (Å²) in [6.07, 6.45) is -5.19. The second-order valence-electron chi connectivity index (χ2n) is 3.87. The second-order valence-corrected chi connectivity index (χ2v) is 6.10. The van der Waals surface area contributed by atoms with Crippen LogP contribution in [-0.2, 0) is 14.4 Å². The molecule has 3 nitrogen and oxygen atoms in total. The Labute approximate surface area is 115 Å². The van der Waals surface area contributed by atoms with Gasteiger partial charge in [-0.1, -0.05) is 36.3 Å². The monoisotopic (exact) mass is 306 g/mol. The summed E-state index contributed by atoms with van der Waals surface area (Å²) in [6, 6.07) is 6.17. The van der Waals surface area contributed by atoms with Crippen molar-refractivity contribution in [1.29, 1.82) is 0 Å². The first-order chi connectivity index (χ1) is 9.23. The number of aliphatic hydroxyl groups is 1. The summed E-state index contributed by atoms with van der Waals surface area (Å²) >= 11 is 0. The maximum atomic E-state index is 13.4. The van der Waals surface area contributed by atoms with Gasteiger partial charge in [0.25, 0.3) is 5.34 Å². The molecular formula is C13H14F3O3P. The number of rotatable bonds is 4. The predicted molar refractivity (Wildman–Crippen MR) is 69.1 cm³/mol. The summed E-state index contributed by atoms with van der Waals surface area (Å²) in [6.45, 7) is 2.34. The van der Waals surface area contributed by atoms with E-state index in [1.54, 1.807) is 0 Å². The molecule has 1 aromatic carbocycles. The molecule has 20 heavy (non-hydrogen) atoms. The standard InChI is InChI=1S/C13H14F3O3P/c1-3-10-20(18,19-4-2)12(17,13(14,15)16)11-8-6-5-7-9-11/h5-9,17H,4H2,1-2H3/t12-,20-/m0/s1. The molecule has 1 aromatic rings. The van der Waals surface area contributed by atoms with Gasteiger partial charge >= 0.3 is 13.5 Å². The molecule has 0 amide bonds. The van der Waals surface area contributed by atoms with Gasteiger partial charge in [0.05, 0.1) is 6.61 Å². The smallest absolute Gasteiger partial charge is 0.367 e. The third-order valence-electron chi connectivity index (χ3n) is 2.57. The van der Waals surface area contributed by atoms with E-state index < -0.39 is 24.5 Å². The number of hydrogen-bond acceptors (Lipinski definition) is 3. The minimum atomic E-state index is -5.19. The Bertz CT molecular complexity index is 560. The maximum Gasteiger partial charge on any atom is 0.431 e. The van der Waals surface area contributed by atoms with Crippen LogP contribution in [0.4, 0.5) is 13.2 Å². The molecule has 0 aliphatic rings. The zero-order valence-electron chi connectivity index (χ0n) is 10.9. The minimum absolute atomic E-state index is 0.267. The van der Waals surface area contributed by atoms with E-state index in [-0.39, 0.29) is 6.61 Å². The quantitative estimate of drug-likeness (QED) is 0.681. The van der Waals surface area contributed by atoms with Crippen molar-refractivity contribution in [1.82, 2.24) is 0 Å². The van der Waals surface area contributed by atoms with E-state index in [9.17, 15) is 22.8 Å². The van der Waals surface area contributed by atoms with Crippen LogP contribution in [0, 0.1) is 11.6 Å². The lowest BCUT2D eigenvalue weighted by Crippen LogP contribution is -2.42. The van der Waals surface area contributed by atoms with Crippen LogP contribution < -0.4 is 0 Å². The van der Waals surface area contributed by atoms with Crippen LogP contribution >= 0.6 is 7.37 Å². The zero-order chi connectivity index (χ0) is 15.4. The van der Waals surface area contributed by atoms with Crippen molar-refractivity contribution >= 4 is 7.37 Å². The molecule has 0 fully saturated rings. The van der Waals surface area contributed by atoms with E-state index in [2.05, 4.69) is 5.92 Å². The molecule has 7 heteroatoms. The van der Waals surface area contributed by atoms with Crippen molar-refractivity contribution in [2.24, 2.45) is 0 Å². The Kier molecular flexibility index (Phi) is 5.04. The summed E-state index contributed by atoms with van der Waals surface area (Å²) in [5, 5.41) is 6.53. The van der Waals surface area contributed by atoms with Crippen molar-refractivity contribution < 1.29 is 27.4 Å². The summed E-state index contributed by atoms with van der Waals surface area (Å²) in [5.41, 5.74) is 1.36. The first kappa shape index (κ1) is 16.8. The zero-order valence-corrected chi connectivity index (χ0v) is 11.8. The molecule has 0 spiro atoms. The fourth-order valence-electron chi connectivity index (χ4n) is 1.71. The van der Waals surface area contributed by atoms with Gasteiger partial charge in [-0.05, 0) is 19.5 Å². The highest BCUT2D eigenvalue weighted by atomic mass is 31.2. The molecule has 110 valence electrons. The van der Waals surface area contributed by atoms with E-state index in [1.807, 2.05) is 5.66 Å². The molecule has 1 rings (SSSR count). The lowest BCUT2D eigenvalue weighted by molar-refractivity contribution is -0.232. The van der Waals surface area contributed by atoms with E-state index in [1.165, 1.54) is 32.0 Å². The molecule has 0 aliphatic carbocycles. The average molecular weight is 306 g/mol. The molecule has 0 heterocycles. The fourth-order valence-corrected chi connectivity index (χ4v) is 3.60. The Hall–Kier alpha value is -1.28. The molecule has 1 N–H and O–H groups in total. The summed E-state index contributed by atoms with van der Waals surface area (Å²) < 4.78 is 57.3. The lowest BCUT2D eigenvalue weighted by atomic mass is 10.1. The van der Waals surface area contributed by atoms with Crippen LogP contribution in [0.5, 0.6) is 0 Å². The van der Waals surface area contributed by atoms with E-state index in [0.29, 0.717) is 0 Å². The highest BCUT2D eigenvalue weighted by molar-refractivity contribution is 7.65. The Balaban J connectivity index is 3.61. The second kappa shape index (κ2) is 6.01. The maximum absolute atomic E-state index is 13.4. The number of halogens is 3. The lowest BCUT2D eigenvalue weighted by Gasteiger charge is -2.34. The van der Waals surface area contributed by atoms with E-state index in [0.717, 1.165) is 12.1 Å². The number of hydrogen-bond donors (Lipinski definition) is 1. The van der Waals surface area contributed by atoms with Crippen LogP contribution in [-0.4, -0.2) is 17.9 Å². The van der Waals surface area contributed by atoms with Gasteiger partial charge in [0.2, 0.25) is 0 Å². The molecule has 0 saturated carbocycles. The van der Waals surface area contributed by atoms with Crippen molar-refractivity contribution in [2.45, 2.75) is 25.4 Å². The Morgan fingerprint density at radius 3 is 2.25 bits per heavy atom. The summed E-state index contributed by atoms with van der Waals surface area (Å²) in [5.74, 6) is 2.14. The van der Waals surface area contributed by atoms with Gasteiger partial charge in [-0.3, -0.25) is 4.57 Å². The highest BCUT2D eigenvalue weighted by Crippen LogP contribution is 2.67. The molecule has 0 unspecified atom stereocenters. The summed E-state index contributed by atoms with van der Waals surface area (Å²) in [4.78, 5) is 0. The normalized spacial score (nSPS) is 17.5. The molecule has 0 aliphatic heterocycles. The molecule has 2 atom stereocenters. The van der Waals surface area contributed by atoms with Crippen molar-refractivity contribution in [3.63, 3.8) is 0 Å². The number of alkyl halides is 3. The number of benzene rings is 1. The van der Waals surface area contributed by atoms with Crippen LogP contribution in [0.25, 0.3) is 0 Å². The van der Waals surface area contributed by atoms with Crippen LogP contribution in [0.2, 0.25) is 0 Å². The molecule has 0 saturated heterocycles. The van der Waals surface area contributed by atoms with Gasteiger partial charge in [0, 0.05) is 5.56 Å². The van der Waals surface area contributed by atoms with E-state index in [4.69, 9.17) is 4.52 Å². The van der Waals surface area contributed by atoms with Gasteiger partial charge in [-0.25, -0.2) is 0 Å². The first-order valence-electron chi connectivity index (χ1n) is 5.76. The predicted octanol–water partition coefficient (Wildman–Crippen LogP) is 3.69. The van der Waals surface area contributed by atoms with Crippen LogP contribution in [0.15, 0.2) is 30.3 Å². The third-order valence-corrected chi connectivity index (χ3v) is 5.07. The Morgan fingerprint density at radius 1 is 1.30 bits per heavy atom. The molecular weight excluding hydrogens is 292 g/mol. The minimum Gasteiger partial charge on any atom is -0.367 e. The van der Waals surface area contributed by atoms with Gasteiger partial charge in [-0.2, -0.15) is 13.2 Å². The molecule has 0 aromatic heterocycles. The largest absolute Gasteiger partial charge is 0.431 e. The van der Waals surface area contributed by atoms with Crippen LogP contribution in [0.3, 0.4) is 0 Å². The van der Waals surface area contributed by atoms with Gasteiger partial charge in [0.1, 0.15) is 0 Å². The highest BCUT2D eigenvalue weighted by Gasteiger charge is 2.67. The topological polar surface area (TPSA) is 46.5 Å². The molecule has 0 bridgehead atoms. The third kappa shape index (κ3) is 2.76.